The molecule has 2 rings (SSSR count). The average Bonchev–Trinajstić information content (AvgIpc) is 2.72. The standard InChI is InChI=1S/C13H11F4NO3/c14-10-3-1-2-9(13(15,16)17)8(10)6-18-5-7(12(20)21)4-11(18)19/h1-3,7H,4-6H2,(H,20,21). The minimum Gasteiger partial charge on any atom is -0.481 e. The highest BCUT2D eigenvalue weighted by Crippen LogP contribution is 2.34. The molecule has 114 valence electrons. The maximum Gasteiger partial charge on any atom is 0.416 e. The number of carboxylic acid groups (broad SMARTS) is 1. The molecule has 0 saturated carbocycles. The summed E-state index contributed by atoms with van der Waals surface area (Å²) in [7, 11) is 0. The molecule has 21 heavy (non-hydrogen) atoms. The molecular weight excluding hydrogens is 294 g/mol. The Kier molecular flexibility index (Phi) is 3.89. The third kappa shape index (κ3) is 3.14. The first-order valence-corrected chi connectivity index (χ1v) is 6.05. The minimum atomic E-state index is -4.74. The van der Waals surface area contributed by atoms with Gasteiger partial charge in [0, 0.05) is 25.1 Å². The molecule has 1 aliphatic heterocycles. The van der Waals surface area contributed by atoms with Gasteiger partial charge >= 0.3 is 12.1 Å². The van der Waals surface area contributed by atoms with Crippen LogP contribution in [0.4, 0.5) is 17.6 Å². The number of halogens is 4. The first kappa shape index (κ1) is 15.3. The lowest BCUT2D eigenvalue weighted by molar-refractivity contribution is -0.141. The van der Waals surface area contributed by atoms with Crippen LogP contribution in [-0.4, -0.2) is 28.4 Å². The number of carboxylic acids is 1. The predicted octanol–water partition coefficient (Wildman–Crippen LogP) is 2.28. The van der Waals surface area contributed by atoms with E-state index < -0.39 is 47.5 Å². The molecule has 0 aromatic heterocycles. The Morgan fingerprint density at radius 1 is 1.38 bits per heavy atom. The fraction of sp³-hybridized carbons (Fsp3) is 0.385. The average molecular weight is 305 g/mol. The number of aliphatic carboxylic acids is 1. The van der Waals surface area contributed by atoms with E-state index in [0.717, 1.165) is 23.1 Å². The van der Waals surface area contributed by atoms with E-state index in [2.05, 4.69) is 0 Å². The van der Waals surface area contributed by atoms with Crippen molar-refractivity contribution in [2.75, 3.05) is 6.54 Å². The third-order valence-electron chi connectivity index (χ3n) is 3.34. The van der Waals surface area contributed by atoms with Gasteiger partial charge in [-0.2, -0.15) is 13.2 Å². The van der Waals surface area contributed by atoms with Gasteiger partial charge in [0.25, 0.3) is 0 Å². The first-order valence-electron chi connectivity index (χ1n) is 6.05. The first-order chi connectivity index (χ1) is 9.70. The van der Waals surface area contributed by atoms with Crippen LogP contribution in [0.5, 0.6) is 0 Å². The Hall–Kier alpha value is -2.12. The number of hydrogen-bond acceptors (Lipinski definition) is 2. The van der Waals surface area contributed by atoms with Crippen molar-refractivity contribution in [3.63, 3.8) is 0 Å². The molecule has 0 radical (unpaired) electrons. The number of hydrogen-bond donors (Lipinski definition) is 1. The highest BCUT2D eigenvalue weighted by atomic mass is 19.4. The van der Waals surface area contributed by atoms with E-state index in [4.69, 9.17) is 5.11 Å². The molecule has 8 heteroatoms. The Balaban J connectivity index is 2.28. The Labute approximate surface area is 117 Å². The summed E-state index contributed by atoms with van der Waals surface area (Å²) in [6.45, 7) is -0.816. The number of carbonyl (C=O) groups excluding carboxylic acids is 1. The molecule has 1 unspecified atom stereocenters. The highest BCUT2D eigenvalue weighted by Gasteiger charge is 2.38. The largest absolute Gasteiger partial charge is 0.481 e. The van der Waals surface area contributed by atoms with Crippen molar-refractivity contribution in [3.8, 4) is 0 Å². The van der Waals surface area contributed by atoms with Crippen LogP contribution in [0.15, 0.2) is 18.2 Å². The highest BCUT2D eigenvalue weighted by molar-refractivity contribution is 5.86. The fourth-order valence-electron chi connectivity index (χ4n) is 2.27. The van der Waals surface area contributed by atoms with Crippen molar-refractivity contribution in [3.05, 3.63) is 35.1 Å². The molecule has 1 aliphatic rings. The topological polar surface area (TPSA) is 57.6 Å². The van der Waals surface area contributed by atoms with E-state index in [0.29, 0.717) is 0 Å². The van der Waals surface area contributed by atoms with Crippen LogP contribution >= 0.6 is 0 Å². The molecule has 1 saturated heterocycles. The van der Waals surface area contributed by atoms with Gasteiger partial charge in [0.2, 0.25) is 5.91 Å². The van der Waals surface area contributed by atoms with Crippen LogP contribution in [0.3, 0.4) is 0 Å². The second-order valence-corrected chi connectivity index (χ2v) is 4.78. The van der Waals surface area contributed by atoms with Gasteiger partial charge in [-0.25, -0.2) is 4.39 Å². The minimum absolute atomic E-state index is 0.222. The van der Waals surface area contributed by atoms with Crippen LogP contribution in [-0.2, 0) is 22.3 Å². The van der Waals surface area contributed by atoms with Crippen LogP contribution in [0.1, 0.15) is 17.5 Å². The van der Waals surface area contributed by atoms with Gasteiger partial charge in [0.05, 0.1) is 11.5 Å². The summed E-state index contributed by atoms with van der Waals surface area (Å²) in [6, 6.07) is 2.54. The molecular formula is C13H11F4NO3. The van der Waals surface area contributed by atoms with Crippen molar-refractivity contribution in [2.24, 2.45) is 5.92 Å². The SMILES string of the molecule is O=C(O)C1CC(=O)N(Cc2c(F)cccc2C(F)(F)F)C1. The normalized spacial score (nSPS) is 19.1. The van der Waals surface area contributed by atoms with E-state index in [1.807, 2.05) is 0 Å². The maximum atomic E-state index is 13.7. The smallest absolute Gasteiger partial charge is 0.416 e. The Bertz CT molecular complexity index is 585. The van der Waals surface area contributed by atoms with Crippen molar-refractivity contribution < 1.29 is 32.3 Å². The van der Waals surface area contributed by atoms with Crippen LogP contribution < -0.4 is 0 Å². The van der Waals surface area contributed by atoms with Gasteiger partial charge in [-0.1, -0.05) is 6.07 Å². The number of benzene rings is 1. The lowest BCUT2D eigenvalue weighted by Crippen LogP contribution is -2.27. The van der Waals surface area contributed by atoms with Crippen molar-refractivity contribution in [2.45, 2.75) is 19.1 Å². The number of nitrogens with zero attached hydrogens (tertiary/aromatic N) is 1. The lowest BCUT2D eigenvalue weighted by Gasteiger charge is -2.20. The molecule has 1 heterocycles. The second kappa shape index (κ2) is 5.34. The molecule has 1 aromatic carbocycles. The molecule has 1 fully saturated rings. The predicted molar refractivity (Wildman–Crippen MR) is 62.6 cm³/mol. The fourth-order valence-corrected chi connectivity index (χ4v) is 2.27. The molecule has 1 N–H and O–H groups in total. The monoisotopic (exact) mass is 305 g/mol. The summed E-state index contributed by atoms with van der Waals surface area (Å²) in [6.07, 6.45) is -5.03. The lowest BCUT2D eigenvalue weighted by atomic mass is 10.1. The van der Waals surface area contributed by atoms with E-state index in [9.17, 15) is 27.2 Å². The maximum absolute atomic E-state index is 13.7. The zero-order valence-corrected chi connectivity index (χ0v) is 10.7. The quantitative estimate of drug-likeness (QED) is 0.872. The van der Waals surface area contributed by atoms with Crippen LogP contribution in [0.2, 0.25) is 0 Å². The molecule has 1 aromatic rings. The van der Waals surface area contributed by atoms with Gasteiger partial charge in [0.1, 0.15) is 5.82 Å². The number of likely N-dealkylation sites (tertiary alicyclic amines) is 1. The number of rotatable bonds is 3. The van der Waals surface area contributed by atoms with Gasteiger partial charge in [-0.05, 0) is 12.1 Å². The van der Waals surface area contributed by atoms with E-state index in [-0.39, 0.29) is 13.0 Å². The van der Waals surface area contributed by atoms with Crippen molar-refractivity contribution in [1.82, 2.24) is 4.90 Å². The van der Waals surface area contributed by atoms with E-state index in [1.54, 1.807) is 0 Å². The van der Waals surface area contributed by atoms with Gasteiger partial charge < -0.3 is 10.0 Å². The second-order valence-electron chi connectivity index (χ2n) is 4.78. The Morgan fingerprint density at radius 3 is 2.57 bits per heavy atom. The third-order valence-corrected chi connectivity index (χ3v) is 3.34. The van der Waals surface area contributed by atoms with Gasteiger partial charge in [-0.3, -0.25) is 9.59 Å². The van der Waals surface area contributed by atoms with E-state index >= 15 is 0 Å². The summed E-state index contributed by atoms with van der Waals surface area (Å²) >= 11 is 0. The zero-order valence-electron chi connectivity index (χ0n) is 10.7. The Morgan fingerprint density at radius 2 is 2.05 bits per heavy atom. The van der Waals surface area contributed by atoms with Crippen LogP contribution in [0.25, 0.3) is 0 Å². The zero-order chi connectivity index (χ0) is 15.8. The molecule has 4 nitrogen and oxygen atoms in total. The number of amides is 1. The summed E-state index contributed by atoms with van der Waals surface area (Å²) in [5.41, 5.74) is -1.81. The summed E-state index contributed by atoms with van der Waals surface area (Å²) < 4.78 is 52.2. The summed E-state index contributed by atoms with van der Waals surface area (Å²) in [4.78, 5) is 23.4. The molecule has 1 amide bonds. The van der Waals surface area contributed by atoms with Crippen LogP contribution in [0, 0.1) is 11.7 Å². The number of alkyl halides is 3. The summed E-state index contributed by atoms with van der Waals surface area (Å²) in [5, 5.41) is 8.82. The van der Waals surface area contributed by atoms with Gasteiger partial charge in [0.15, 0.2) is 0 Å². The molecule has 1 atom stereocenters. The molecule has 0 aliphatic carbocycles. The molecule has 0 bridgehead atoms. The van der Waals surface area contributed by atoms with Crippen molar-refractivity contribution >= 4 is 11.9 Å². The van der Waals surface area contributed by atoms with E-state index in [1.165, 1.54) is 0 Å². The van der Waals surface area contributed by atoms with Crippen molar-refractivity contribution in [1.29, 1.82) is 0 Å². The van der Waals surface area contributed by atoms with Gasteiger partial charge in [-0.15, -0.1) is 0 Å². The number of carbonyl (C=O) groups is 2. The molecule has 0 spiro atoms. The summed E-state index contributed by atoms with van der Waals surface area (Å²) in [5.74, 6) is -3.84.